The molecule has 0 aromatic heterocycles. The zero-order chi connectivity index (χ0) is 12.3. The number of hydrogen-bond acceptors (Lipinski definition) is 1. The lowest BCUT2D eigenvalue weighted by Crippen LogP contribution is -2.17. The van der Waals surface area contributed by atoms with Gasteiger partial charge in [-0.15, -0.1) is 19.8 Å². The van der Waals surface area contributed by atoms with E-state index in [0.717, 1.165) is 5.92 Å². The average Bonchev–Trinajstić information content (AvgIpc) is 2.18. The molecule has 16 heavy (non-hydrogen) atoms. The molecule has 1 nitrogen and oxygen atoms in total. The van der Waals surface area contributed by atoms with Gasteiger partial charge in [0.25, 0.3) is 0 Å². The van der Waals surface area contributed by atoms with Gasteiger partial charge in [0.2, 0.25) is 0 Å². The first-order valence-corrected chi connectivity index (χ1v) is 4.73. The maximum absolute atomic E-state index is 11.9. The highest BCUT2D eigenvalue weighted by Gasteiger charge is 2.32. The van der Waals surface area contributed by atoms with Gasteiger partial charge in [0.05, 0.1) is 5.02 Å². The second-order valence-corrected chi connectivity index (χ2v) is 3.49. The molecule has 0 atom stereocenters. The van der Waals surface area contributed by atoms with Crippen LogP contribution in [-0.4, -0.2) is 6.36 Å². The maximum atomic E-state index is 11.9. The molecular weight excluding hydrogens is 241 g/mol. The van der Waals surface area contributed by atoms with Crippen molar-refractivity contribution >= 4 is 11.6 Å². The van der Waals surface area contributed by atoms with E-state index in [4.69, 9.17) is 11.6 Å². The summed E-state index contributed by atoms with van der Waals surface area (Å²) in [5.41, 5.74) is 0.703. The Balaban J connectivity index is 2.96. The molecule has 1 rings (SSSR count). The first-order chi connectivity index (χ1) is 7.33. The van der Waals surface area contributed by atoms with Crippen LogP contribution in [0.1, 0.15) is 12.5 Å². The van der Waals surface area contributed by atoms with E-state index in [1.807, 2.05) is 0 Å². The van der Waals surface area contributed by atoms with E-state index in [9.17, 15) is 13.2 Å². The minimum Gasteiger partial charge on any atom is -0.404 e. The maximum Gasteiger partial charge on any atom is 0.573 e. The first kappa shape index (κ1) is 12.9. The van der Waals surface area contributed by atoms with Gasteiger partial charge in [-0.05, 0) is 17.7 Å². The molecule has 1 radical (unpaired) electrons. The summed E-state index contributed by atoms with van der Waals surface area (Å²) in [6.45, 7) is 5.34. The lowest BCUT2D eigenvalue weighted by Gasteiger charge is -2.12. The predicted octanol–water partition coefficient (Wildman–Crippen LogP) is 4.37. The summed E-state index contributed by atoms with van der Waals surface area (Å²) in [6, 6.07) is 4.07. The van der Waals surface area contributed by atoms with Crippen LogP contribution in [0.25, 0.3) is 0 Å². The zero-order valence-corrected chi connectivity index (χ0v) is 9.19. The van der Waals surface area contributed by atoms with E-state index in [-0.39, 0.29) is 5.02 Å². The topological polar surface area (TPSA) is 9.23 Å². The van der Waals surface area contributed by atoms with E-state index in [1.165, 1.54) is 18.2 Å². The highest BCUT2D eigenvalue weighted by molar-refractivity contribution is 6.32. The molecule has 0 aliphatic rings. The van der Waals surface area contributed by atoms with Crippen LogP contribution in [0.4, 0.5) is 13.2 Å². The Morgan fingerprint density at radius 2 is 2.06 bits per heavy atom. The Hall–Kier alpha value is -1.16. The number of hydrogen-bond donors (Lipinski definition) is 0. The van der Waals surface area contributed by atoms with E-state index in [0.29, 0.717) is 5.56 Å². The molecule has 0 amide bonds. The van der Waals surface area contributed by atoms with Gasteiger partial charge in [-0.3, -0.25) is 0 Å². The number of benzene rings is 1. The van der Waals surface area contributed by atoms with Gasteiger partial charge in [-0.1, -0.05) is 30.7 Å². The Kier molecular flexibility index (Phi) is 3.86. The third-order valence-corrected chi connectivity index (χ3v) is 2.21. The molecule has 0 fully saturated rings. The fourth-order valence-corrected chi connectivity index (χ4v) is 1.29. The summed E-state index contributed by atoms with van der Waals surface area (Å²) in [5, 5.41) is -0.0870. The van der Waals surface area contributed by atoms with Crippen molar-refractivity contribution in [3.05, 3.63) is 47.4 Å². The molecule has 87 valence electrons. The van der Waals surface area contributed by atoms with Crippen LogP contribution in [0, 0.1) is 5.92 Å². The van der Waals surface area contributed by atoms with Crippen molar-refractivity contribution in [2.45, 2.75) is 13.3 Å². The smallest absolute Gasteiger partial charge is 0.404 e. The van der Waals surface area contributed by atoms with Gasteiger partial charge < -0.3 is 4.74 Å². The number of rotatable bonds is 3. The molecule has 1 aromatic carbocycles. The number of alkyl halides is 3. The molecule has 0 saturated carbocycles. The van der Waals surface area contributed by atoms with E-state index < -0.39 is 12.1 Å². The van der Waals surface area contributed by atoms with Gasteiger partial charge in [-0.2, -0.15) is 0 Å². The Morgan fingerprint density at radius 1 is 1.44 bits per heavy atom. The largest absolute Gasteiger partial charge is 0.573 e. The van der Waals surface area contributed by atoms with Gasteiger partial charge in [-0.25, -0.2) is 0 Å². The Labute approximate surface area is 96.5 Å². The normalized spacial score (nSPS) is 11.6. The van der Waals surface area contributed by atoms with Gasteiger partial charge >= 0.3 is 6.36 Å². The summed E-state index contributed by atoms with van der Waals surface area (Å²) in [7, 11) is 0. The van der Waals surface area contributed by atoms with Crippen molar-refractivity contribution in [3.8, 4) is 5.75 Å². The minimum absolute atomic E-state index is 0.0870. The van der Waals surface area contributed by atoms with Gasteiger partial charge in [0.15, 0.2) is 0 Å². The van der Waals surface area contributed by atoms with Crippen molar-refractivity contribution in [1.29, 1.82) is 0 Å². The molecule has 0 aliphatic heterocycles. The van der Waals surface area contributed by atoms with Crippen molar-refractivity contribution in [3.63, 3.8) is 0 Å². The number of allylic oxidation sites excluding steroid dienone is 1. The second kappa shape index (κ2) is 4.78. The molecule has 0 aliphatic carbocycles. The lowest BCUT2D eigenvalue weighted by atomic mass is 10.0. The monoisotopic (exact) mass is 249 g/mol. The van der Waals surface area contributed by atoms with Crippen LogP contribution in [0.15, 0.2) is 30.9 Å². The standard InChI is InChI=1S/C11H9ClF3O/c1-3-7(2)8-4-5-10(9(12)6-8)16-11(13,14)15/h3-6H,1H2,2H3. The van der Waals surface area contributed by atoms with Crippen LogP contribution >= 0.6 is 11.6 Å². The molecule has 0 N–H and O–H groups in total. The lowest BCUT2D eigenvalue weighted by molar-refractivity contribution is -0.274. The molecule has 5 heteroatoms. The zero-order valence-electron chi connectivity index (χ0n) is 8.44. The fraction of sp³-hybridized carbons (Fsp3) is 0.182. The molecule has 0 saturated heterocycles. The summed E-state index contributed by atoms with van der Waals surface area (Å²) in [4.78, 5) is 0. The fourth-order valence-electron chi connectivity index (χ4n) is 1.07. The summed E-state index contributed by atoms with van der Waals surface area (Å²) in [5.74, 6) is 0.412. The Bertz CT molecular complexity index is 387. The predicted molar refractivity (Wildman–Crippen MR) is 56.4 cm³/mol. The van der Waals surface area contributed by atoms with Crippen LogP contribution < -0.4 is 4.74 Å². The molecule has 1 aromatic rings. The highest BCUT2D eigenvalue weighted by Crippen LogP contribution is 2.32. The molecule has 0 spiro atoms. The average molecular weight is 250 g/mol. The first-order valence-electron chi connectivity index (χ1n) is 4.35. The van der Waals surface area contributed by atoms with Crippen LogP contribution in [0.3, 0.4) is 0 Å². The van der Waals surface area contributed by atoms with Crippen molar-refractivity contribution < 1.29 is 17.9 Å². The van der Waals surface area contributed by atoms with Crippen molar-refractivity contribution in [2.24, 2.45) is 0 Å². The molecule has 0 unspecified atom stereocenters. The van der Waals surface area contributed by atoms with E-state index >= 15 is 0 Å². The van der Waals surface area contributed by atoms with Gasteiger partial charge in [0.1, 0.15) is 5.75 Å². The van der Waals surface area contributed by atoms with Gasteiger partial charge in [0, 0.05) is 5.92 Å². The summed E-state index contributed by atoms with van der Waals surface area (Å²) in [6.07, 6.45) is -3.14. The SMILES string of the molecule is C=C[C](C)c1ccc(OC(F)(F)F)c(Cl)c1. The van der Waals surface area contributed by atoms with E-state index in [2.05, 4.69) is 11.3 Å². The van der Waals surface area contributed by atoms with Crippen LogP contribution in [-0.2, 0) is 0 Å². The molecular formula is C11H9ClF3O. The van der Waals surface area contributed by atoms with E-state index in [1.54, 1.807) is 13.0 Å². The summed E-state index contributed by atoms with van der Waals surface area (Å²) >= 11 is 5.66. The van der Waals surface area contributed by atoms with Crippen LogP contribution in [0.2, 0.25) is 5.02 Å². The second-order valence-electron chi connectivity index (χ2n) is 3.08. The minimum atomic E-state index is -4.73. The molecule has 0 heterocycles. The third kappa shape index (κ3) is 3.45. The Morgan fingerprint density at radius 3 is 2.50 bits per heavy atom. The number of ether oxygens (including phenoxy) is 1. The third-order valence-electron chi connectivity index (χ3n) is 1.92. The van der Waals surface area contributed by atoms with Crippen LogP contribution in [0.5, 0.6) is 5.75 Å². The highest BCUT2D eigenvalue weighted by atomic mass is 35.5. The van der Waals surface area contributed by atoms with Crippen molar-refractivity contribution in [1.82, 2.24) is 0 Å². The quantitative estimate of drug-likeness (QED) is 0.773. The van der Waals surface area contributed by atoms with Crippen molar-refractivity contribution in [2.75, 3.05) is 0 Å². The number of halogens is 4. The molecule has 0 bridgehead atoms. The summed E-state index contributed by atoms with van der Waals surface area (Å²) < 4.78 is 39.6.